The van der Waals surface area contributed by atoms with Crippen LogP contribution in [0.4, 0.5) is 5.69 Å². The van der Waals surface area contributed by atoms with Crippen LogP contribution < -0.4 is 16.2 Å². The summed E-state index contributed by atoms with van der Waals surface area (Å²) in [7, 11) is 0. The molecule has 102 valence electrons. The molecule has 20 heavy (non-hydrogen) atoms. The lowest BCUT2D eigenvalue weighted by Gasteiger charge is -2.25. The first kappa shape index (κ1) is 12.7. The third kappa shape index (κ3) is 2.81. The lowest BCUT2D eigenvalue weighted by atomic mass is 9.96. The minimum absolute atomic E-state index is 0.0386. The van der Waals surface area contributed by atoms with Gasteiger partial charge in [-0.3, -0.25) is 15.6 Å². The van der Waals surface area contributed by atoms with Crippen molar-refractivity contribution in [3.05, 3.63) is 65.7 Å². The summed E-state index contributed by atoms with van der Waals surface area (Å²) < 4.78 is 0. The summed E-state index contributed by atoms with van der Waals surface area (Å²) in [4.78, 5) is 12.1. The Morgan fingerprint density at radius 2 is 1.70 bits per heavy atom. The van der Waals surface area contributed by atoms with Crippen molar-refractivity contribution in [1.82, 2.24) is 10.7 Å². The van der Waals surface area contributed by atoms with E-state index in [0.29, 0.717) is 0 Å². The number of rotatable bonds is 3. The van der Waals surface area contributed by atoms with Crippen molar-refractivity contribution in [3.63, 3.8) is 0 Å². The van der Waals surface area contributed by atoms with E-state index in [9.17, 15) is 4.79 Å². The zero-order valence-corrected chi connectivity index (χ0v) is 11.1. The van der Waals surface area contributed by atoms with Crippen LogP contribution in [-0.2, 0) is 17.8 Å². The Morgan fingerprint density at radius 3 is 2.50 bits per heavy atom. The van der Waals surface area contributed by atoms with E-state index in [-0.39, 0.29) is 11.9 Å². The molecule has 0 spiro atoms. The van der Waals surface area contributed by atoms with Gasteiger partial charge in [0.05, 0.1) is 11.7 Å². The highest BCUT2D eigenvalue weighted by atomic mass is 16.2. The summed E-state index contributed by atoms with van der Waals surface area (Å²) in [6, 6.07) is 17.6. The number of para-hydroxylation sites is 1. The Labute approximate surface area is 118 Å². The number of carbonyl (C=O) groups excluding carboxylic acids is 1. The van der Waals surface area contributed by atoms with E-state index in [1.54, 1.807) is 0 Å². The van der Waals surface area contributed by atoms with Crippen LogP contribution in [-0.4, -0.2) is 11.9 Å². The van der Waals surface area contributed by atoms with Crippen molar-refractivity contribution in [2.75, 3.05) is 5.43 Å². The van der Waals surface area contributed by atoms with Crippen LogP contribution in [0.5, 0.6) is 0 Å². The smallest absolute Gasteiger partial charge is 0.255 e. The third-order valence-corrected chi connectivity index (χ3v) is 3.50. The first-order chi connectivity index (χ1) is 9.83. The molecule has 0 fully saturated rings. The first-order valence-electron chi connectivity index (χ1n) is 6.74. The number of anilines is 1. The third-order valence-electron chi connectivity index (χ3n) is 3.50. The molecule has 0 saturated carbocycles. The molecule has 0 saturated heterocycles. The predicted octanol–water partition coefficient (Wildman–Crippen LogP) is 1.84. The van der Waals surface area contributed by atoms with Gasteiger partial charge in [-0.2, -0.15) is 0 Å². The number of benzene rings is 2. The standard InChI is InChI=1S/C16H17N3O/c20-16(19-18-14-8-2-1-3-9-14)15-10-12-6-4-5-7-13(12)11-17-15/h1-9,15,17-18H,10-11H2,(H,19,20)/t15-/m0/s1. The van der Waals surface area contributed by atoms with Gasteiger partial charge in [-0.05, 0) is 29.7 Å². The van der Waals surface area contributed by atoms with Crippen LogP contribution >= 0.6 is 0 Å². The van der Waals surface area contributed by atoms with Gasteiger partial charge in [0, 0.05) is 6.54 Å². The fraction of sp³-hybridized carbons (Fsp3) is 0.188. The van der Waals surface area contributed by atoms with Crippen molar-refractivity contribution >= 4 is 11.6 Å². The van der Waals surface area contributed by atoms with Gasteiger partial charge >= 0.3 is 0 Å². The molecular weight excluding hydrogens is 250 g/mol. The number of hydrogen-bond donors (Lipinski definition) is 3. The van der Waals surface area contributed by atoms with Crippen LogP contribution in [0, 0.1) is 0 Å². The lowest BCUT2D eigenvalue weighted by Crippen LogP contribution is -2.49. The number of hydrazine groups is 1. The maximum absolute atomic E-state index is 12.1. The van der Waals surface area contributed by atoms with Crippen LogP contribution in [0.2, 0.25) is 0 Å². The lowest BCUT2D eigenvalue weighted by molar-refractivity contribution is -0.122. The molecule has 1 aliphatic rings. The number of nitrogens with one attached hydrogen (secondary N) is 3. The molecule has 2 aromatic rings. The molecule has 0 unspecified atom stereocenters. The second kappa shape index (κ2) is 5.75. The molecule has 4 heteroatoms. The number of carbonyl (C=O) groups is 1. The Bertz CT molecular complexity index is 598. The number of amides is 1. The van der Waals surface area contributed by atoms with Gasteiger partial charge in [0.25, 0.3) is 5.91 Å². The molecule has 1 heterocycles. The van der Waals surface area contributed by atoms with Gasteiger partial charge in [-0.15, -0.1) is 0 Å². The molecule has 1 aliphatic heterocycles. The Balaban J connectivity index is 1.59. The highest BCUT2D eigenvalue weighted by Crippen LogP contribution is 2.16. The van der Waals surface area contributed by atoms with E-state index in [2.05, 4.69) is 28.3 Å². The fourth-order valence-corrected chi connectivity index (χ4v) is 2.38. The minimum Gasteiger partial charge on any atom is -0.301 e. The number of fused-ring (bicyclic) bond motifs is 1. The molecule has 1 amide bonds. The minimum atomic E-state index is -0.193. The van der Waals surface area contributed by atoms with Crippen LogP contribution in [0.15, 0.2) is 54.6 Å². The zero-order chi connectivity index (χ0) is 13.8. The Morgan fingerprint density at radius 1 is 1.00 bits per heavy atom. The summed E-state index contributed by atoms with van der Waals surface area (Å²) in [5.74, 6) is -0.0386. The summed E-state index contributed by atoms with van der Waals surface area (Å²) in [5, 5.41) is 3.26. The van der Waals surface area contributed by atoms with E-state index in [0.717, 1.165) is 18.7 Å². The molecule has 1 atom stereocenters. The average molecular weight is 267 g/mol. The van der Waals surface area contributed by atoms with Crippen molar-refractivity contribution in [2.24, 2.45) is 0 Å². The fourth-order valence-electron chi connectivity index (χ4n) is 2.38. The molecule has 0 aromatic heterocycles. The van der Waals surface area contributed by atoms with E-state index in [1.807, 2.05) is 42.5 Å². The molecular formula is C16H17N3O. The van der Waals surface area contributed by atoms with E-state index < -0.39 is 0 Å². The molecule has 3 N–H and O–H groups in total. The highest BCUT2D eigenvalue weighted by molar-refractivity contribution is 5.83. The van der Waals surface area contributed by atoms with Crippen molar-refractivity contribution in [1.29, 1.82) is 0 Å². The van der Waals surface area contributed by atoms with Crippen molar-refractivity contribution in [2.45, 2.75) is 19.0 Å². The highest BCUT2D eigenvalue weighted by Gasteiger charge is 2.23. The van der Waals surface area contributed by atoms with Gasteiger partial charge in [0.15, 0.2) is 0 Å². The Hall–Kier alpha value is -2.33. The summed E-state index contributed by atoms with van der Waals surface area (Å²) >= 11 is 0. The zero-order valence-electron chi connectivity index (χ0n) is 11.1. The summed E-state index contributed by atoms with van der Waals surface area (Å²) in [6.45, 7) is 0.736. The van der Waals surface area contributed by atoms with Gasteiger partial charge in [-0.25, -0.2) is 0 Å². The average Bonchev–Trinajstić information content (AvgIpc) is 2.53. The van der Waals surface area contributed by atoms with Gasteiger partial charge < -0.3 is 5.32 Å². The molecule has 3 rings (SSSR count). The van der Waals surface area contributed by atoms with Crippen molar-refractivity contribution in [3.8, 4) is 0 Å². The SMILES string of the molecule is O=C(NNc1ccccc1)[C@@H]1Cc2ccccc2CN1. The molecule has 0 radical (unpaired) electrons. The summed E-state index contributed by atoms with van der Waals surface area (Å²) in [6.07, 6.45) is 0.721. The van der Waals surface area contributed by atoms with Crippen LogP contribution in [0.1, 0.15) is 11.1 Å². The van der Waals surface area contributed by atoms with Gasteiger partial charge in [0.2, 0.25) is 0 Å². The first-order valence-corrected chi connectivity index (χ1v) is 6.74. The normalized spacial score (nSPS) is 17.1. The van der Waals surface area contributed by atoms with Gasteiger partial charge in [-0.1, -0.05) is 42.5 Å². The van der Waals surface area contributed by atoms with Crippen LogP contribution in [0.3, 0.4) is 0 Å². The maximum atomic E-state index is 12.1. The predicted molar refractivity (Wildman–Crippen MR) is 79.0 cm³/mol. The topological polar surface area (TPSA) is 53.2 Å². The number of hydrogen-bond acceptors (Lipinski definition) is 3. The second-order valence-corrected chi connectivity index (χ2v) is 4.89. The summed E-state index contributed by atoms with van der Waals surface area (Å²) in [5.41, 5.74) is 9.06. The largest absolute Gasteiger partial charge is 0.301 e. The van der Waals surface area contributed by atoms with E-state index >= 15 is 0 Å². The van der Waals surface area contributed by atoms with Crippen LogP contribution in [0.25, 0.3) is 0 Å². The van der Waals surface area contributed by atoms with Gasteiger partial charge in [0.1, 0.15) is 0 Å². The molecule has 0 bridgehead atoms. The molecule has 0 aliphatic carbocycles. The second-order valence-electron chi connectivity index (χ2n) is 4.89. The van der Waals surface area contributed by atoms with Crippen molar-refractivity contribution < 1.29 is 4.79 Å². The molecule has 4 nitrogen and oxygen atoms in total. The molecule has 2 aromatic carbocycles. The maximum Gasteiger partial charge on any atom is 0.255 e. The Kier molecular flexibility index (Phi) is 3.65. The van der Waals surface area contributed by atoms with E-state index in [4.69, 9.17) is 0 Å². The monoisotopic (exact) mass is 267 g/mol. The quantitative estimate of drug-likeness (QED) is 0.744. The van der Waals surface area contributed by atoms with E-state index in [1.165, 1.54) is 11.1 Å².